The fraction of sp³-hybridized carbons (Fsp3) is 0.143. The Kier molecular flexibility index (Phi) is 2.11. The minimum atomic E-state index is -0.340. The zero-order chi connectivity index (χ0) is 8.43. The molecule has 0 unspecified atom stereocenters. The van der Waals surface area contributed by atoms with Crippen molar-refractivity contribution < 1.29 is 0 Å². The molecule has 3 nitrogen and oxygen atoms in total. The lowest BCUT2D eigenvalue weighted by atomic mass is 10.2. The summed E-state index contributed by atoms with van der Waals surface area (Å²) in [7, 11) is 0. The van der Waals surface area contributed by atoms with Gasteiger partial charge >= 0.3 is 0 Å². The summed E-state index contributed by atoms with van der Waals surface area (Å²) in [5.41, 5.74) is 0.504. The Morgan fingerprint density at radius 2 is 2.36 bits per heavy atom. The lowest BCUT2D eigenvalue weighted by Crippen LogP contribution is -2.11. The van der Waals surface area contributed by atoms with E-state index >= 15 is 0 Å². The summed E-state index contributed by atoms with van der Waals surface area (Å²) < 4.78 is 0.744. The maximum atomic E-state index is 10.9. The van der Waals surface area contributed by atoms with Crippen molar-refractivity contribution >= 4 is 15.9 Å². The van der Waals surface area contributed by atoms with Crippen LogP contribution >= 0.6 is 15.9 Å². The number of nitrogens with one attached hydrogen (secondary N) is 1. The Bertz CT molecular complexity index is 375. The summed E-state index contributed by atoms with van der Waals surface area (Å²) in [6.45, 7) is 1.72. The smallest absolute Gasteiger partial charge is 0.266 e. The molecule has 0 bridgehead atoms. The molecule has 0 amide bonds. The lowest BCUT2D eigenvalue weighted by Gasteiger charge is -1.96. The summed E-state index contributed by atoms with van der Waals surface area (Å²) in [6.07, 6.45) is 1.53. The van der Waals surface area contributed by atoms with E-state index in [4.69, 9.17) is 5.26 Å². The minimum Gasteiger partial charge on any atom is -0.327 e. The number of nitrogens with zero attached hydrogens (tertiary/aromatic N) is 1. The van der Waals surface area contributed by atoms with Crippen LogP contribution in [0.1, 0.15) is 11.1 Å². The van der Waals surface area contributed by atoms with Crippen molar-refractivity contribution in [3.8, 4) is 6.07 Å². The van der Waals surface area contributed by atoms with Crippen LogP contribution < -0.4 is 5.56 Å². The van der Waals surface area contributed by atoms with Crippen molar-refractivity contribution in [1.82, 2.24) is 4.98 Å². The molecule has 0 radical (unpaired) electrons. The van der Waals surface area contributed by atoms with Gasteiger partial charge in [-0.05, 0) is 28.4 Å². The zero-order valence-electron chi connectivity index (χ0n) is 5.81. The Morgan fingerprint density at radius 1 is 1.73 bits per heavy atom. The van der Waals surface area contributed by atoms with Crippen molar-refractivity contribution in [1.29, 1.82) is 5.26 Å². The Hall–Kier alpha value is -1.08. The van der Waals surface area contributed by atoms with Crippen molar-refractivity contribution in [3.63, 3.8) is 0 Å². The molecule has 1 aromatic heterocycles. The number of hydrogen-bond donors (Lipinski definition) is 1. The van der Waals surface area contributed by atoms with Gasteiger partial charge in [-0.3, -0.25) is 4.79 Å². The van der Waals surface area contributed by atoms with Gasteiger partial charge in [0.2, 0.25) is 0 Å². The SMILES string of the molecule is Cc1c(Br)c[nH]c(=O)c1C#N. The van der Waals surface area contributed by atoms with E-state index in [9.17, 15) is 4.79 Å². The fourth-order valence-corrected chi connectivity index (χ4v) is 1.05. The van der Waals surface area contributed by atoms with Crippen LogP contribution in [0, 0.1) is 18.3 Å². The number of H-pyrrole nitrogens is 1. The molecule has 0 spiro atoms. The van der Waals surface area contributed by atoms with Gasteiger partial charge in [-0.15, -0.1) is 0 Å². The monoisotopic (exact) mass is 212 g/mol. The van der Waals surface area contributed by atoms with Crippen LogP contribution in [0.2, 0.25) is 0 Å². The van der Waals surface area contributed by atoms with E-state index in [2.05, 4.69) is 20.9 Å². The first kappa shape index (κ1) is 8.02. The molecule has 0 aliphatic heterocycles. The molecule has 0 aliphatic rings. The normalized spacial score (nSPS) is 9.18. The number of aromatic amines is 1. The predicted molar refractivity (Wildman–Crippen MR) is 44.2 cm³/mol. The molecule has 0 saturated heterocycles. The standard InChI is InChI=1S/C7H5BrN2O/c1-4-5(2-9)7(11)10-3-6(4)8/h3H,1H3,(H,10,11). The van der Waals surface area contributed by atoms with Gasteiger partial charge in [0.1, 0.15) is 11.6 Å². The van der Waals surface area contributed by atoms with E-state index in [1.54, 1.807) is 6.92 Å². The van der Waals surface area contributed by atoms with E-state index in [1.165, 1.54) is 6.20 Å². The van der Waals surface area contributed by atoms with E-state index in [0.29, 0.717) is 5.56 Å². The van der Waals surface area contributed by atoms with Crippen molar-refractivity contribution in [3.05, 3.63) is 32.2 Å². The molecule has 4 heteroatoms. The van der Waals surface area contributed by atoms with Crippen LogP contribution in [0.4, 0.5) is 0 Å². The average molecular weight is 213 g/mol. The molecule has 56 valence electrons. The Morgan fingerprint density at radius 3 is 2.82 bits per heavy atom. The highest BCUT2D eigenvalue weighted by Gasteiger charge is 2.04. The van der Waals surface area contributed by atoms with Crippen molar-refractivity contribution in [2.24, 2.45) is 0 Å². The van der Waals surface area contributed by atoms with Gasteiger partial charge in [0.15, 0.2) is 0 Å². The minimum absolute atomic E-state index is 0.166. The third-order valence-corrected chi connectivity index (χ3v) is 2.23. The molecule has 0 atom stereocenters. The first-order chi connectivity index (χ1) is 5.16. The van der Waals surface area contributed by atoms with Crippen molar-refractivity contribution in [2.45, 2.75) is 6.92 Å². The number of nitriles is 1. The first-order valence-electron chi connectivity index (χ1n) is 2.94. The van der Waals surface area contributed by atoms with E-state index in [1.807, 2.05) is 6.07 Å². The fourth-order valence-electron chi connectivity index (χ4n) is 0.734. The second kappa shape index (κ2) is 2.89. The van der Waals surface area contributed by atoms with Gasteiger partial charge in [0.05, 0.1) is 0 Å². The van der Waals surface area contributed by atoms with Crippen LogP contribution in [0.3, 0.4) is 0 Å². The van der Waals surface area contributed by atoms with Crippen LogP contribution in [0.5, 0.6) is 0 Å². The van der Waals surface area contributed by atoms with Crippen LogP contribution in [0.15, 0.2) is 15.5 Å². The summed E-state index contributed by atoms with van der Waals surface area (Å²) in [6, 6.07) is 1.83. The quantitative estimate of drug-likeness (QED) is 0.706. The van der Waals surface area contributed by atoms with Crippen LogP contribution in [0.25, 0.3) is 0 Å². The third kappa shape index (κ3) is 1.33. The zero-order valence-corrected chi connectivity index (χ0v) is 7.40. The predicted octanol–water partition coefficient (Wildman–Crippen LogP) is 1.32. The second-order valence-electron chi connectivity index (χ2n) is 2.08. The summed E-state index contributed by atoms with van der Waals surface area (Å²) >= 11 is 3.20. The molecule has 1 heterocycles. The van der Waals surface area contributed by atoms with E-state index in [0.717, 1.165) is 4.47 Å². The average Bonchev–Trinajstić information content (AvgIpc) is 1.99. The highest BCUT2D eigenvalue weighted by atomic mass is 79.9. The van der Waals surface area contributed by atoms with E-state index in [-0.39, 0.29) is 11.1 Å². The number of hydrogen-bond acceptors (Lipinski definition) is 2. The molecule has 1 rings (SSSR count). The number of pyridine rings is 1. The van der Waals surface area contributed by atoms with E-state index < -0.39 is 0 Å². The maximum absolute atomic E-state index is 10.9. The number of halogens is 1. The van der Waals surface area contributed by atoms with Gasteiger partial charge in [-0.1, -0.05) is 0 Å². The largest absolute Gasteiger partial charge is 0.327 e. The molecule has 1 N–H and O–H groups in total. The molecule has 1 aromatic rings. The topological polar surface area (TPSA) is 56.6 Å². The van der Waals surface area contributed by atoms with Gasteiger partial charge in [-0.25, -0.2) is 0 Å². The Balaban J connectivity index is 3.57. The Labute approximate surface area is 71.8 Å². The van der Waals surface area contributed by atoms with Gasteiger partial charge in [0.25, 0.3) is 5.56 Å². The maximum Gasteiger partial charge on any atom is 0.266 e. The molecular formula is C7H5BrN2O. The molecule has 0 fully saturated rings. The third-order valence-electron chi connectivity index (χ3n) is 1.40. The van der Waals surface area contributed by atoms with Crippen molar-refractivity contribution in [2.75, 3.05) is 0 Å². The van der Waals surface area contributed by atoms with Gasteiger partial charge in [0, 0.05) is 10.7 Å². The molecule has 0 aliphatic carbocycles. The molecule has 0 aromatic carbocycles. The first-order valence-corrected chi connectivity index (χ1v) is 3.74. The molecule has 11 heavy (non-hydrogen) atoms. The molecule has 0 saturated carbocycles. The highest BCUT2D eigenvalue weighted by Crippen LogP contribution is 2.14. The summed E-state index contributed by atoms with van der Waals surface area (Å²) in [4.78, 5) is 13.4. The number of aromatic nitrogens is 1. The van der Waals surface area contributed by atoms with Gasteiger partial charge in [-0.2, -0.15) is 5.26 Å². The summed E-state index contributed by atoms with van der Waals surface area (Å²) in [5.74, 6) is 0. The summed E-state index contributed by atoms with van der Waals surface area (Å²) in [5, 5.41) is 8.53. The van der Waals surface area contributed by atoms with Gasteiger partial charge < -0.3 is 4.98 Å². The van der Waals surface area contributed by atoms with Crippen LogP contribution in [-0.2, 0) is 0 Å². The second-order valence-corrected chi connectivity index (χ2v) is 2.93. The number of rotatable bonds is 0. The lowest BCUT2D eigenvalue weighted by molar-refractivity contribution is 1.16. The highest BCUT2D eigenvalue weighted by molar-refractivity contribution is 9.10. The van der Waals surface area contributed by atoms with Crippen LogP contribution in [-0.4, -0.2) is 4.98 Å². The molecular weight excluding hydrogens is 208 g/mol.